The summed E-state index contributed by atoms with van der Waals surface area (Å²) in [5.41, 5.74) is 1.24. The highest BCUT2D eigenvalue weighted by molar-refractivity contribution is 5.00. The van der Waals surface area contributed by atoms with E-state index in [0.29, 0.717) is 0 Å². The lowest BCUT2D eigenvalue weighted by atomic mass is 10.3. The van der Waals surface area contributed by atoms with Gasteiger partial charge in [0.05, 0.1) is 6.54 Å². The first kappa shape index (κ1) is 10.9. The van der Waals surface area contributed by atoms with E-state index in [-0.39, 0.29) is 0 Å². The molecule has 0 saturated carbocycles. The van der Waals surface area contributed by atoms with Gasteiger partial charge in [0.25, 0.3) is 0 Å². The number of aromatic nitrogens is 4. The molecule has 0 bridgehead atoms. The summed E-state index contributed by atoms with van der Waals surface area (Å²) >= 11 is 0. The first-order valence-corrected chi connectivity index (χ1v) is 5.41. The van der Waals surface area contributed by atoms with Crippen molar-refractivity contribution < 1.29 is 0 Å². The van der Waals surface area contributed by atoms with Gasteiger partial charge in [-0.2, -0.15) is 5.10 Å². The minimum atomic E-state index is 0.807. The molecule has 16 heavy (non-hydrogen) atoms. The van der Waals surface area contributed by atoms with Gasteiger partial charge in [-0.3, -0.25) is 4.68 Å². The Bertz CT molecular complexity index is 400. The molecule has 0 spiro atoms. The third kappa shape index (κ3) is 2.49. The van der Waals surface area contributed by atoms with Crippen molar-refractivity contribution in [2.24, 2.45) is 14.1 Å². The zero-order valence-electron chi connectivity index (χ0n) is 9.72. The predicted molar refractivity (Wildman–Crippen MR) is 61.8 cm³/mol. The molecular formula is C11H17N5. The smallest absolute Gasteiger partial charge is 0.122 e. The van der Waals surface area contributed by atoms with Crippen LogP contribution in [-0.2, 0) is 27.1 Å². The summed E-state index contributed by atoms with van der Waals surface area (Å²) in [7, 11) is 3.97. The molecule has 86 valence electrons. The third-order valence-corrected chi connectivity index (χ3v) is 2.68. The number of nitrogens with one attached hydrogen (secondary N) is 1. The van der Waals surface area contributed by atoms with Gasteiger partial charge in [-0.25, -0.2) is 4.98 Å². The van der Waals surface area contributed by atoms with E-state index in [1.807, 2.05) is 48.0 Å². The number of nitrogens with zero attached hydrogens (tertiary/aromatic N) is 4. The Morgan fingerprint density at radius 2 is 2.19 bits per heavy atom. The molecule has 0 radical (unpaired) electrons. The van der Waals surface area contributed by atoms with Crippen molar-refractivity contribution in [3.8, 4) is 0 Å². The molecule has 0 fully saturated rings. The molecule has 1 N–H and O–H groups in total. The highest BCUT2D eigenvalue weighted by Gasteiger charge is 2.00. The van der Waals surface area contributed by atoms with Gasteiger partial charge in [0, 0.05) is 51.3 Å². The van der Waals surface area contributed by atoms with E-state index >= 15 is 0 Å². The second-order valence-electron chi connectivity index (χ2n) is 3.83. The number of aryl methyl sites for hydroxylation is 2. The zero-order valence-corrected chi connectivity index (χ0v) is 9.72. The highest BCUT2D eigenvalue weighted by Crippen LogP contribution is 1.97. The Morgan fingerprint density at radius 3 is 2.81 bits per heavy atom. The van der Waals surface area contributed by atoms with E-state index in [0.717, 1.165) is 25.3 Å². The molecule has 0 unspecified atom stereocenters. The van der Waals surface area contributed by atoms with Crippen molar-refractivity contribution in [1.29, 1.82) is 0 Å². The third-order valence-electron chi connectivity index (χ3n) is 2.68. The zero-order chi connectivity index (χ0) is 11.4. The first-order valence-electron chi connectivity index (χ1n) is 5.41. The van der Waals surface area contributed by atoms with Crippen LogP contribution in [0.5, 0.6) is 0 Å². The average molecular weight is 219 g/mol. The van der Waals surface area contributed by atoms with Gasteiger partial charge in [0.2, 0.25) is 0 Å². The van der Waals surface area contributed by atoms with E-state index < -0.39 is 0 Å². The molecule has 0 aromatic carbocycles. The van der Waals surface area contributed by atoms with Crippen LogP contribution >= 0.6 is 0 Å². The molecule has 0 saturated heterocycles. The Kier molecular flexibility index (Phi) is 3.36. The normalized spacial score (nSPS) is 10.9. The molecule has 5 nitrogen and oxygen atoms in total. The fourth-order valence-electron chi connectivity index (χ4n) is 1.63. The van der Waals surface area contributed by atoms with Gasteiger partial charge in [-0.15, -0.1) is 0 Å². The fourth-order valence-corrected chi connectivity index (χ4v) is 1.63. The van der Waals surface area contributed by atoms with Crippen molar-refractivity contribution in [1.82, 2.24) is 24.6 Å². The van der Waals surface area contributed by atoms with Gasteiger partial charge < -0.3 is 9.88 Å². The molecule has 2 aromatic rings. The summed E-state index contributed by atoms with van der Waals surface area (Å²) in [5, 5.41) is 7.50. The largest absolute Gasteiger partial charge is 0.337 e. The Hall–Kier alpha value is -1.62. The van der Waals surface area contributed by atoms with Crippen LogP contribution < -0.4 is 5.32 Å². The molecule has 0 aliphatic heterocycles. The SMILES string of the molecule is Cn1ccnc1CNCCc1ccnn1C. The lowest BCUT2D eigenvalue weighted by Gasteiger charge is -2.05. The molecule has 0 aliphatic rings. The van der Waals surface area contributed by atoms with Gasteiger partial charge in [-0.1, -0.05) is 0 Å². The molecular weight excluding hydrogens is 202 g/mol. The molecule has 2 heterocycles. The summed E-state index contributed by atoms with van der Waals surface area (Å²) in [6.07, 6.45) is 6.59. The molecule has 0 aliphatic carbocycles. The monoisotopic (exact) mass is 219 g/mol. The van der Waals surface area contributed by atoms with Crippen LogP contribution in [0.1, 0.15) is 11.5 Å². The lowest BCUT2D eigenvalue weighted by Crippen LogP contribution is -2.19. The van der Waals surface area contributed by atoms with Gasteiger partial charge in [-0.05, 0) is 6.07 Å². The van der Waals surface area contributed by atoms with Crippen LogP contribution in [0.3, 0.4) is 0 Å². The molecule has 0 atom stereocenters. The summed E-state index contributed by atoms with van der Waals surface area (Å²) in [6.45, 7) is 1.74. The maximum Gasteiger partial charge on any atom is 0.122 e. The van der Waals surface area contributed by atoms with Crippen molar-refractivity contribution in [2.45, 2.75) is 13.0 Å². The first-order chi connectivity index (χ1) is 7.77. The second-order valence-corrected chi connectivity index (χ2v) is 3.83. The Balaban J connectivity index is 1.74. The van der Waals surface area contributed by atoms with Crippen molar-refractivity contribution in [3.05, 3.63) is 36.2 Å². The van der Waals surface area contributed by atoms with Crippen molar-refractivity contribution >= 4 is 0 Å². The second kappa shape index (κ2) is 4.94. The van der Waals surface area contributed by atoms with E-state index in [1.54, 1.807) is 0 Å². The van der Waals surface area contributed by atoms with E-state index in [4.69, 9.17) is 0 Å². The van der Waals surface area contributed by atoms with Crippen molar-refractivity contribution in [3.63, 3.8) is 0 Å². The quantitative estimate of drug-likeness (QED) is 0.744. The summed E-state index contributed by atoms with van der Waals surface area (Å²) in [4.78, 5) is 4.25. The fraction of sp³-hybridized carbons (Fsp3) is 0.455. The number of hydrogen-bond donors (Lipinski definition) is 1. The van der Waals surface area contributed by atoms with Crippen LogP contribution in [0.2, 0.25) is 0 Å². The number of hydrogen-bond acceptors (Lipinski definition) is 3. The average Bonchev–Trinajstić information content (AvgIpc) is 2.84. The number of rotatable bonds is 5. The van der Waals surface area contributed by atoms with Gasteiger partial charge in [0.15, 0.2) is 0 Å². The van der Waals surface area contributed by atoms with E-state index in [9.17, 15) is 0 Å². The van der Waals surface area contributed by atoms with E-state index in [2.05, 4.69) is 15.4 Å². The maximum atomic E-state index is 4.25. The standard InChI is InChI=1S/C11H17N5/c1-15-8-7-13-11(15)9-12-5-3-10-4-6-14-16(10)2/h4,6-8,12H,3,5,9H2,1-2H3. The minimum absolute atomic E-state index is 0.807. The molecule has 2 rings (SSSR count). The topological polar surface area (TPSA) is 47.7 Å². The van der Waals surface area contributed by atoms with Crippen LogP contribution in [0.25, 0.3) is 0 Å². The van der Waals surface area contributed by atoms with Crippen molar-refractivity contribution in [2.75, 3.05) is 6.54 Å². The van der Waals surface area contributed by atoms with Crippen LogP contribution in [0.4, 0.5) is 0 Å². The van der Waals surface area contributed by atoms with E-state index in [1.165, 1.54) is 5.69 Å². The predicted octanol–water partition coefficient (Wildman–Crippen LogP) is 0.486. The lowest BCUT2D eigenvalue weighted by molar-refractivity contribution is 0.615. The summed E-state index contributed by atoms with van der Waals surface area (Å²) in [6, 6.07) is 2.04. The molecule has 0 amide bonds. The molecule has 5 heteroatoms. The maximum absolute atomic E-state index is 4.25. The number of imidazole rings is 1. The Morgan fingerprint density at radius 1 is 1.31 bits per heavy atom. The van der Waals surface area contributed by atoms with Gasteiger partial charge in [0.1, 0.15) is 5.82 Å². The van der Waals surface area contributed by atoms with Gasteiger partial charge >= 0.3 is 0 Å². The summed E-state index contributed by atoms with van der Waals surface area (Å²) < 4.78 is 3.93. The highest BCUT2D eigenvalue weighted by atomic mass is 15.3. The Labute approximate surface area is 95.1 Å². The minimum Gasteiger partial charge on any atom is -0.337 e. The summed E-state index contributed by atoms with van der Waals surface area (Å²) in [5.74, 6) is 1.06. The van der Waals surface area contributed by atoms with Crippen LogP contribution in [0.15, 0.2) is 24.7 Å². The van der Waals surface area contributed by atoms with Crippen LogP contribution in [-0.4, -0.2) is 25.9 Å². The van der Waals surface area contributed by atoms with Crippen LogP contribution in [0, 0.1) is 0 Å². The molecule has 2 aromatic heterocycles.